The summed E-state index contributed by atoms with van der Waals surface area (Å²) in [7, 11) is 0. The van der Waals surface area contributed by atoms with Crippen molar-refractivity contribution < 1.29 is 18.0 Å². The van der Waals surface area contributed by atoms with Gasteiger partial charge in [0.25, 0.3) is 0 Å². The average Bonchev–Trinajstić information content (AvgIpc) is 2.28. The normalized spacial score (nSPS) is 13.4. The molecule has 0 aromatic heterocycles. The van der Waals surface area contributed by atoms with Crippen LogP contribution in [0.2, 0.25) is 0 Å². The van der Waals surface area contributed by atoms with E-state index in [9.17, 15) is 18.0 Å². The van der Waals surface area contributed by atoms with Gasteiger partial charge in [0.2, 0.25) is 0 Å². The number of hydrogen-bond acceptors (Lipinski definition) is 2. The molecule has 0 heterocycles. The summed E-state index contributed by atoms with van der Waals surface area (Å²) in [5.74, 6) is -0.552. The number of alkyl halides is 3. The number of carbonyl (C=O) groups excluding carboxylic acids is 1. The van der Waals surface area contributed by atoms with E-state index in [2.05, 4.69) is 0 Å². The van der Waals surface area contributed by atoms with Crippen molar-refractivity contribution >= 4 is 5.78 Å². The standard InChI is InChI=1S/C13H16F3NO/c1-2-5-9(17)8-12(18)10-6-3-4-7-11(10)13(14,15)16/h3-4,6-7,9H,2,5,8,17H2,1H3. The van der Waals surface area contributed by atoms with E-state index in [4.69, 9.17) is 5.73 Å². The molecule has 2 N–H and O–H groups in total. The highest BCUT2D eigenvalue weighted by Gasteiger charge is 2.34. The topological polar surface area (TPSA) is 43.1 Å². The summed E-state index contributed by atoms with van der Waals surface area (Å²) in [6, 6.07) is 4.42. The minimum absolute atomic E-state index is 0.0546. The summed E-state index contributed by atoms with van der Waals surface area (Å²) in [5, 5.41) is 0. The van der Waals surface area contributed by atoms with Crippen LogP contribution >= 0.6 is 0 Å². The van der Waals surface area contributed by atoms with E-state index < -0.39 is 17.5 Å². The van der Waals surface area contributed by atoms with Crippen LogP contribution in [0, 0.1) is 0 Å². The number of halogens is 3. The van der Waals surface area contributed by atoms with Gasteiger partial charge in [0.05, 0.1) is 5.56 Å². The van der Waals surface area contributed by atoms with Crippen LogP contribution in [0.1, 0.15) is 42.1 Å². The minimum atomic E-state index is -4.51. The van der Waals surface area contributed by atoms with Gasteiger partial charge in [0.15, 0.2) is 5.78 Å². The van der Waals surface area contributed by atoms with Crippen molar-refractivity contribution in [2.24, 2.45) is 5.73 Å². The molecular formula is C13H16F3NO. The predicted molar refractivity (Wildman–Crippen MR) is 63.3 cm³/mol. The summed E-state index contributed by atoms with van der Waals surface area (Å²) >= 11 is 0. The summed E-state index contributed by atoms with van der Waals surface area (Å²) in [5.41, 5.74) is 4.49. The zero-order chi connectivity index (χ0) is 13.8. The molecule has 0 bridgehead atoms. The van der Waals surface area contributed by atoms with Crippen LogP contribution < -0.4 is 5.73 Å². The number of rotatable bonds is 5. The third kappa shape index (κ3) is 3.84. The number of carbonyl (C=O) groups is 1. The molecule has 1 rings (SSSR count). The summed E-state index contributed by atoms with van der Waals surface area (Å²) in [6.07, 6.45) is -3.14. The van der Waals surface area contributed by atoms with Gasteiger partial charge in [-0.15, -0.1) is 0 Å². The van der Waals surface area contributed by atoms with Gasteiger partial charge in [-0.1, -0.05) is 31.5 Å². The molecule has 100 valence electrons. The molecule has 0 fully saturated rings. The Bertz CT molecular complexity index is 415. The molecule has 1 aromatic carbocycles. The van der Waals surface area contributed by atoms with E-state index in [1.165, 1.54) is 18.2 Å². The molecule has 0 amide bonds. The Morgan fingerprint density at radius 1 is 1.33 bits per heavy atom. The lowest BCUT2D eigenvalue weighted by Crippen LogP contribution is -2.24. The van der Waals surface area contributed by atoms with Crippen molar-refractivity contribution in [3.05, 3.63) is 35.4 Å². The molecule has 0 aliphatic rings. The first kappa shape index (κ1) is 14.7. The monoisotopic (exact) mass is 259 g/mol. The van der Waals surface area contributed by atoms with Crippen molar-refractivity contribution in [3.8, 4) is 0 Å². The molecule has 0 spiro atoms. The maximum atomic E-state index is 12.7. The van der Waals surface area contributed by atoms with Crippen molar-refractivity contribution in [2.75, 3.05) is 0 Å². The molecule has 0 aliphatic carbocycles. The fourth-order valence-electron chi connectivity index (χ4n) is 1.79. The first-order valence-electron chi connectivity index (χ1n) is 5.81. The SMILES string of the molecule is CCCC(N)CC(=O)c1ccccc1C(F)(F)F. The van der Waals surface area contributed by atoms with Crippen LogP contribution in [0.5, 0.6) is 0 Å². The molecular weight excluding hydrogens is 243 g/mol. The van der Waals surface area contributed by atoms with E-state index in [0.29, 0.717) is 6.42 Å². The Labute approximate surface area is 104 Å². The molecule has 1 aromatic rings. The molecule has 18 heavy (non-hydrogen) atoms. The molecule has 1 unspecified atom stereocenters. The maximum absolute atomic E-state index is 12.7. The second-order valence-electron chi connectivity index (χ2n) is 4.22. The quantitative estimate of drug-likeness (QED) is 0.823. The molecule has 5 heteroatoms. The van der Waals surface area contributed by atoms with Crippen LogP contribution in [0.4, 0.5) is 13.2 Å². The van der Waals surface area contributed by atoms with E-state index in [-0.39, 0.29) is 18.0 Å². The fourth-order valence-corrected chi connectivity index (χ4v) is 1.79. The second kappa shape index (κ2) is 6.00. The third-order valence-corrected chi connectivity index (χ3v) is 2.64. The second-order valence-corrected chi connectivity index (χ2v) is 4.22. The highest BCUT2D eigenvalue weighted by Crippen LogP contribution is 2.32. The van der Waals surface area contributed by atoms with Gasteiger partial charge >= 0.3 is 6.18 Å². The Hall–Kier alpha value is -1.36. The van der Waals surface area contributed by atoms with Gasteiger partial charge in [-0.3, -0.25) is 4.79 Å². The van der Waals surface area contributed by atoms with Crippen LogP contribution in [0.25, 0.3) is 0 Å². The Kier molecular flexibility index (Phi) is 4.90. The van der Waals surface area contributed by atoms with Gasteiger partial charge in [-0.25, -0.2) is 0 Å². The average molecular weight is 259 g/mol. The van der Waals surface area contributed by atoms with Crippen LogP contribution in [0.15, 0.2) is 24.3 Å². The third-order valence-electron chi connectivity index (χ3n) is 2.64. The van der Waals surface area contributed by atoms with E-state index in [1.54, 1.807) is 0 Å². The maximum Gasteiger partial charge on any atom is 0.417 e. The summed E-state index contributed by atoms with van der Waals surface area (Å²) < 4.78 is 38.1. The first-order chi connectivity index (χ1) is 8.36. The molecule has 0 aliphatic heterocycles. The Morgan fingerprint density at radius 2 is 1.94 bits per heavy atom. The van der Waals surface area contributed by atoms with Crippen LogP contribution in [-0.4, -0.2) is 11.8 Å². The van der Waals surface area contributed by atoms with E-state index in [1.807, 2.05) is 6.92 Å². The zero-order valence-electron chi connectivity index (χ0n) is 10.1. The number of nitrogens with two attached hydrogens (primary N) is 1. The van der Waals surface area contributed by atoms with Crippen molar-refractivity contribution in [2.45, 2.75) is 38.4 Å². The minimum Gasteiger partial charge on any atom is -0.327 e. The lowest BCUT2D eigenvalue weighted by molar-refractivity contribution is -0.137. The number of benzene rings is 1. The lowest BCUT2D eigenvalue weighted by atomic mass is 9.97. The molecule has 0 radical (unpaired) electrons. The Balaban J connectivity index is 2.93. The predicted octanol–water partition coefficient (Wildman–Crippen LogP) is 3.41. The van der Waals surface area contributed by atoms with Crippen molar-refractivity contribution in [1.29, 1.82) is 0 Å². The zero-order valence-corrected chi connectivity index (χ0v) is 10.1. The summed E-state index contributed by atoms with van der Waals surface area (Å²) in [4.78, 5) is 11.8. The number of Topliss-reactive ketones (excluding diaryl/α,β-unsaturated/α-hetero) is 1. The molecule has 2 nitrogen and oxygen atoms in total. The van der Waals surface area contributed by atoms with Gasteiger partial charge in [0, 0.05) is 18.0 Å². The molecule has 1 atom stereocenters. The largest absolute Gasteiger partial charge is 0.417 e. The van der Waals surface area contributed by atoms with Gasteiger partial charge < -0.3 is 5.73 Å². The van der Waals surface area contributed by atoms with Crippen LogP contribution in [0.3, 0.4) is 0 Å². The highest BCUT2D eigenvalue weighted by molar-refractivity contribution is 5.98. The first-order valence-corrected chi connectivity index (χ1v) is 5.81. The van der Waals surface area contributed by atoms with E-state index >= 15 is 0 Å². The number of ketones is 1. The highest BCUT2D eigenvalue weighted by atomic mass is 19.4. The van der Waals surface area contributed by atoms with Gasteiger partial charge in [-0.05, 0) is 12.5 Å². The number of hydrogen-bond donors (Lipinski definition) is 1. The fraction of sp³-hybridized carbons (Fsp3) is 0.462. The smallest absolute Gasteiger partial charge is 0.327 e. The van der Waals surface area contributed by atoms with Crippen molar-refractivity contribution in [1.82, 2.24) is 0 Å². The molecule has 0 saturated carbocycles. The Morgan fingerprint density at radius 3 is 2.50 bits per heavy atom. The van der Waals surface area contributed by atoms with Gasteiger partial charge in [-0.2, -0.15) is 13.2 Å². The van der Waals surface area contributed by atoms with Gasteiger partial charge in [0.1, 0.15) is 0 Å². The molecule has 0 saturated heterocycles. The lowest BCUT2D eigenvalue weighted by Gasteiger charge is -2.14. The van der Waals surface area contributed by atoms with E-state index in [0.717, 1.165) is 12.5 Å². The van der Waals surface area contributed by atoms with Crippen LogP contribution in [-0.2, 0) is 6.18 Å². The summed E-state index contributed by atoms with van der Waals surface area (Å²) in [6.45, 7) is 1.91. The van der Waals surface area contributed by atoms with Crippen molar-refractivity contribution in [3.63, 3.8) is 0 Å².